The molecular weight excluding hydrogens is 326 g/mol. The van der Waals surface area contributed by atoms with E-state index in [4.69, 9.17) is 4.98 Å². The van der Waals surface area contributed by atoms with E-state index in [9.17, 15) is 0 Å². The molecule has 0 radical (unpaired) electrons. The first-order valence-electron chi connectivity index (χ1n) is 9.10. The molecule has 1 saturated carbocycles. The Labute approximate surface area is 151 Å². The highest BCUT2D eigenvalue weighted by molar-refractivity contribution is 5.68. The van der Waals surface area contributed by atoms with Crippen LogP contribution in [-0.4, -0.2) is 33.9 Å². The number of imidazole rings is 1. The van der Waals surface area contributed by atoms with Gasteiger partial charge in [0.25, 0.3) is 0 Å². The van der Waals surface area contributed by atoms with E-state index in [-0.39, 0.29) is 0 Å². The molecule has 0 saturated heterocycles. The van der Waals surface area contributed by atoms with E-state index in [1.54, 1.807) is 10.9 Å². The summed E-state index contributed by atoms with van der Waals surface area (Å²) in [5.41, 5.74) is 3.73. The van der Waals surface area contributed by atoms with Gasteiger partial charge in [-0.15, -0.1) is 0 Å². The molecule has 1 aliphatic rings. The van der Waals surface area contributed by atoms with Crippen LogP contribution in [0.1, 0.15) is 32.2 Å². The minimum Gasteiger partial charge on any atom is -0.284 e. The fourth-order valence-corrected chi connectivity index (χ4v) is 3.68. The first kappa shape index (κ1) is 15.3. The van der Waals surface area contributed by atoms with Crippen LogP contribution >= 0.6 is 0 Å². The van der Waals surface area contributed by atoms with Crippen LogP contribution in [0.25, 0.3) is 28.3 Å². The van der Waals surface area contributed by atoms with Crippen molar-refractivity contribution in [2.24, 2.45) is 13.0 Å². The fraction of sp³-hybridized carbons (Fsp3) is 0.368. The maximum Gasteiger partial charge on any atom is 0.149 e. The third kappa shape index (κ3) is 2.51. The van der Waals surface area contributed by atoms with Crippen molar-refractivity contribution in [3.8, 4) is 22.6 Å². The molecule has 0 spiro atoms. The molecule has 0 amide bonds. The Morgan fingerprint density at radius 1 is 1.15 bits per heavy atom. The molecule has 5 rings (SSSR count). The number of aryl methyl sites for hydroxylation is 1. The van der Waals surface area contributed by atoms with Gasteiger partial charge in [0, 0.05) is 43.5 Å². The summed E-state index contributed by atoms with van der Waals surface area (Å²) in [5, 5.41) is 8.91. The van der Waals surface area contributed by atoms with Crippen molar-refractivity contribution < 1.29 is 0 Å². The lowest BCUT2D eigenvalue weighted by Gasteiger charge is -2.14. The third-order valence-electron chi connectivity index (χ3n) is 5.17. The molecule has 0 N–H and O–H groups in total. The maximum atomic E-state index is 4.90. The molecule has 0 aliphatic heterocycles. The van der Waals surface area contributed by atoms with Crippen molar-refractivity contribution in [1.82, 2.24) is 33.9 Å². The predicted molar refractivity (Wildman–Crippen MR) is 98.5 cm³/mol. The van der Waals surface area contributed by atoms with Crippen LogP contribution in [0.15, 0.2) is 43.2 Å². The van der Waals surface area contributed by atoms with Crippen molar-refractivity contribution in [2.75, 3.05) is 0 Å². The largest absolute Gasteiger partial charge is 0.284 e. The van der Waals surface area contributed by atoms with E-state index in [0.717, 1.165) is 40.6 Å². The SMILES string of the molecule is CCC(C1CC1)n1cc(-c2nc(-c3cnn(C)c3)cc3nccn23)cn1. The second-order valence-corrected chi connectivity index (χ2v) is 7.05. The van der Waals surface area contributed by atoms with Gasteiger partial charge >= 0.3 is 0 Å². The van der Waals surface area contributed by atoms with Gasteiger partial charge in [0.15, 0.2) is 0 Å². The average molecular weight is 347 g/mol. The number of fused-ring (bicyclic) bond motifs is 1. The highest BCUT2D eigenvalue weighted by atomic mass is 15.3. The number of nitrogens with zero attached hydrogens (tertiary/aromatic N) is 7. The standard InChI is InChI=1S/C19H21N7/c1-3-17(13-4-5-13)26-12-15(10-22-26)19-23-16(14-9-21-24(2)11-14)8-18-20-6-7-25(18)19/h6-13,17H,3-5H2,1-2H3. The molecule has 4 aromatic rings. The quantitative estimate of drug-likeness (QED) is 0.555. The summed E-state index contributed by atoms with van der Waals surface area (Å²) < 4.78 is 5.92. The van der Waals surface area contributed by atoms with Crippen molar-refractivity contribution in [3.05, 3.63) is 43.2 Å². The molecule has 132 valence electrons. The molecule has 1 fully saturated rings. The second-order valence-electron chi connectivity index (χ2n) is 7.05. The van der Waals surface area contributed by atoms with Gasteiger partial charge in [-0.2, -0.15) is 10.2 Å². The van der Waals surface area contributed by atoms with Crippen LogP contribution in [0.3, 0.4) is 0 Å². The maximum absolute atomic E-state index is 4.90. The second kappa shape index (κ2) is 5.79. The lowest BCUT2D eigenvalue weighted by molar-refractivity contribution is 0.394. The zero-order valence-corrected chi connectivity index (χ0v) is 14.9. The van der Waals surface area contributed by atoms with Crippen LogP contribution in [0.5, 0.6) is 0 Å². The van der Waals surface area contributed by atoms with Gasteiger partial charge in [-0.25, -0.2) is 9.97 Å². The van der Waals surface area contributed by atoms with Gasteiger partial charge in [0.1, 0.15) is 11.5 Å². The minimum absolute atomic E-state index is 0.489. The zero-order valence-electron chi connectivity index (χ0n) is 14.9. The molecule has 1 unspecified atom stereocenters. The first-order valence-corrected chi connectivity index (χ1v) is 9.10. The molecule has 1 atom stereocenters. The van der Waals surface area contributed by atoms with E-state index in [0.29, 0.717) is 6.04 Å². The van der Waals surface area contributed by atoms with E-state index in [1.165, 1.54) is 12.8 Å². The van der Waals surface area contributed by atoms with E-state index < -0.39 is 0 Å². The smallest absolute Gasteiger partial charge is 0.149 e. The third-order valence-corrected chi connectivity index (χ3v) is 5.17. The monoisotopic (exact) mass is 347 g/mol. The van der Waals surface area contributed by atoms with Crippen LogP contribution in [-0.2, 0) is 7.05 Å². The van der Waals surface area contributed by atoms with Gasteiger partial charge in [-0.3, -0.25) is 13.8 Å². The Hall–Kier alpha value is -2.96. The molecule has 26 heavy (non-hydrogen) atoms. The van der Waals surface area contributed by atoms with Gasteiger partial charge in [-0.1, -0.05) is 6.92 Å². The van der Waals surface area contributed by atoms with Crippen LogP contribution < -0.4 is 0 Å². The van der Waals surface area contributed by atoms with E-state index in [1.807, 2.05) is 42.3 Å². The molecule has 4 heterocycles. The Morgan fingerprint density at radius 2 is 2.00 bits per heavy atom. The van der Waals surface area contributed by atoms with Crippen molar-refractivity contribution >= 4 is 5.65 Å². The number of aromatic nitrogens is 7. The topological polar surface area (TPSA) is 65.8 Å². The normalized spacial score (nSPS) is 15.6. The number of hydrogen-bond donors (Lipinski definition) is 0. The Morgan fingerprint density at radius 3 is 2.73 bits per heavy atom. The van der Waals surface area contributed by atoms with Crippen molar-refractivity contribution in [1.29, 1.82) is 0 Å². The Balaban J connectivity index is 1.62. The van der Waals surface area contributed by atoms with Crippen LogP contribution in [0, 0.1) is 5.92 Å². The van der Waals surface area contributed by atoms with Gasteiger partial charge in [-0.05, 0) is 25.2 Å². The molecule has 7 nitrogen and oxygen atoms in total. The molecule has 0 bridgehead atoms. The average Bonchev–Trinajstić information content (AvgIpc) is 3.04. The summed E-state index contributed by atoms with van der Waals surface area (Å²) in [7, 11) is 1.91. The fourth-order valence-electron chi connectivity index (χ4n) is 3.68. The summed E-state index contributed by atoms with van der Waals surface area (Å²) in [6, 6.07) is 2.48. The predicted octanol–water partition coefficient (Wildman–Crippen LogP) is 3.35. The summed E-state index contributed by atoms with van der Waals surface area (Å²) in [6.07, 6.45) is 15.3. The van der Waals surface area contributed by atoms with Crippen LogP contribution in [0.2, 0.25) is 0 Å². The van der Waals surface area contributed by atoms with Crippen molar-refractivity contribution in [2.45, 2.75) is 32.2 Å². The lowest BCUT2D eigenvalue weighted by atomic mass is 10.1. The number of rotatable bonds is 5. The molecule has 4 aromatic heterocycles. The van der Waals surface area contributed by atoms with E-state index >= 15 is 0 Å². The van der Waals surface area contributed by atoms with Gasteiger partial charge < -0.3 is 0 Å². The minimum atomic E-state index is 0.489. The van der Waals surface area contributed by atoms with Crippen molar-refractivity contribution in [3.63, 3.8) is 0 Å². The molecule has 0 aromatic carbocycles. The molecule has 1 aliphatic carbocycles. The summed E-state index contributed by atoms with van der Waals surface area (Å²) >= 11 is 0. The van der Waals surface area contributed by atoms with Gasteiger partial charge in [0.2, 0.25) is 0 Å². The lowest BCUT2D eigenvalue weighted by Crippen LogP contribution is -2.10. The summed E-state index contributed by atoms with van der Waals surface area (Å²) in [5.74, 6) is 1.63. The summed E-state index contributed by atoms with van der Waals surface area (Å²) in [6.45, 7) is 2.24. The molecule has 7 heteroatoms. The zero-order chi connectivity index (χ0) is 17.7. The Kier molecular flexibility index (Phi) is 3.41. The van der Waals surface area contributed by atoms with Crippen LogP contribution in [0.4, 0.5) is 0 Å². The molecular formula is C19H21N7. The first-order chi connectivity index (χ1) is 12.7. The van der Waals surface area contributed by atoms with Gasteiger partial charge in [0.05, 0.1) is 29.7 Å². The summed E-state index contributed by atoms with van der Waals surface area (Å²) in [4.78, 5) is 9.36. The highest BCUT2D eigenvalue weighted by Crippen LogP contribution is 2.41. The highest BCUT2D eigenvalue weighted by Gasteiger charge is 2.31. The van der Waals surface area contributed by atoms with E-state index in [2.05, 4.69) is 33.0 Å². The number of hydrogen-bond acceptors (Lipinski definition) is 4. The Bertz CT molecular complexity index is 1070.